The quantitative estimate of drug-likeness (QED) is 0.599. The van der Waals surface area contributed by atoms with Crippen LogP contribution < -0.4 is 0 Å². The molecule has 1 aliphatic rings. The van der Waals surface area contributed by atoms with E-state index in [2.05, 4.69) is 35.0 Å². The average molecular weight is 408 g/mol. The van der Waals surface area contributed by atoms with E-state index in [0.717, 1.165) is 47.9 Å². The average Bonchev–Trinajstić information content (AvgIpc) is 3.34. The van der Waals surface area contributed by atoms with Gasteiger partial charge in [-0.3, -0.25) is 14.5 Å². The molecule has 0 atom stereocenters. The minimum Gasteiger partial charge on any atom is -0.445 e. The third kappa shape index (κ3) is 4.45. The molecule has 30 heavy (non-hydrogen) atoms. The highest BCUT2D eigenvalue weighted by atomic mass is 16.4. The smallest absolute Gasteiger partial charge is 0.272 e. The summed E-state index contributed by atoms with van der Waals surface area (Å²) in [5.41, 5.74) is 3.68. The van der Waals surface area contributed by atoms with Crippen molar-refractivity contribution < 1.29 is 9.21 Å². The first-order chi connectivity index (χ1) is 14.5. The maximum absolute atomic E-state index is 13.2. The Morgan fingerprint density at radius 2 is 2.17 bits per heavy atom. The van der Waals surface area contributed by atoms with Crippen molar-refractivity contribution >= 4 is 5.91 Å². The van der Waals surface area contributed by atoms with Crippen molar-refractivity contribution in [2.45, 2.75) is 59.5 Å². The highest BCUT2D eigenvalue weighted by molar-refractivity contribution is 5.92. The second-order valence-electron chi connectivity index (χ2n) is 8.25. The fourth-order valence-corrected chi connectivity index (χ4v) is 3.89. The van der Waals surface area contributed by atoms with Crippen LogP contribution in [0.25, 0.3) is 0 Å². The molecule has 0 aromatic carbocycles. The fraction of sp³-hybridized carbons (Fsp3) is 0.478. The molecule has 0 fully saturated rings. The summed E-state index contributed by atoms with van der Waals surface area (Å²) in [5.74, 6) is 2.16. The van der Waals surface area contributed by atoms with E-state index in [-0.39, 0.29) is 5.91 Å². The number of carbonyl (C=O) groups is 1. The molecule has 0 saturated carbocycles. The number of carbonyl (C=O) groups excluding carboxylic acids is 1. The zero-order chi connectivity index (χ0) is 21.1. The van der Waals surface area contributed by atoms with Crippen molar-refractivity contribution in [2.75, 3.05) is 6.54 Å². The molecule has 158 valence electrons. The molecule has 0 aliphatic carbocycles. The maximum atomic E-state index is 13.2. The predicted molar refractivity (Wildman–Crippen MR) is 113 cm³/mol. The van der Waals surface area contributed by atoms with Gasteiger partial charge in [-0.2, -0.15) is 5.10 Å². The van der Waals surface area contributed by atoms with Crippen molar-refractivity contribution in [1.82, 2.24) is 24.6 Å². The standard InChI is InChI=1S/C23H29N5O2/c1-4-28-20(13-18(26-28)12-16(2)3)23(29)27-11-9-21-19(15-27)25-22(30-21)8-7-17-6-5-10-24-14-17/h5-6,10,13-14,16H,4,7-9,11-12,15H2,1-3H3. The second-order valence-corrected chi connectivity index (χ2v) is 8.25. The highest BCUT2D eigenvalue weighted by Gasteiger charge is 2.28. The monoisotopic (exact) mass is 407 g/mol. The van der Waals surface area contributed by atoms with Crippen LogP contribution in [-0.2, 0) is 38.8 Å². The Kier molecular flexibility index (Phi) is 5.97. The van der Waals surface area contributed by atoms with Gasteiger partial charge in [-0.1, -0.05) is 19.9 Å². The third-order valence-corrected chi connectivity index (χ3v) is 5.38. The molecular formula is C23H29N5O2. The van der Waals surface area contributed by atoms with Crippen molar-refractivity contribution in [2.24, 2.45) is 5.92 Å². The zero-order valence-electron chi connectivity index (χ0n) is 18.0. The van der Waals surface area contributed by atoms with Gasteiger partial charge in [0.25, 0.3) is 5.91 Å². The van der Waals surface area contributed by atoms with Gasteiger partial charge >= 0.3 is 0 Å². The Morgan fingerprint density at radius 3 is 2.90 bits per heavy atom. The van der Waals surface area contributed by atoms with E-state index in [1.165, 1.54) is 0 Å². The number of oxazole rings is 1. The number of rotatable bonds is 7. The van der Waals surface area contributed by atoms with Gasteiger partial charge in [0.15, 0.2) is 5.89 Å². The van der Waals surface area contributed by atoms with Gasteiger partial charge in [0.05, 0.1) is 12.2 Å². The van der Waals surface area contributed by atoms with E-state index in [9.17, 15) is 4.79 Å². The lowest BCUT2D eigenvalue weighted by Gasteiger charge is -2.25. The number of nitrogens with zero attached hydrogens (tertiary/aromatic N) is 5. The van der Waals surface area contributed by atoms with E-state index in [4.69, 9.17) is 4.42 Å². The molecule has 1 amide bonds. The molecule has 7 heteroatoms. The van der Waals surface area contributed by atoms with E-state index in [0.29, 0.717) is 37.7 Å². The number of hydrogen-bond acceptors (Lipinski definition) is 5. The lowest BCUT2D eigenvalue weighted by atomic mass is 10.1. The number of hydrogen-bond donors (Lipinski definition) is 0. The van der Waals surface area contributed by atoms with Crippen molar-refractivity contribution in [3.05, 3.63) is 64.9 Å². The van der Waals surface area contributed by atoms with Crippen LogP contribution in [0.3, 0.4) is 0 Å². The summed E-state index contributed by atoms with van der Waals surface area (Å²) in [7, 11) is 0. The number of fused-ring (bicyclic) bond motifs is 1. The Morgan fingerprint density at radius 1 is 1.30 bits per heavy atom. The molecule has 3 aromatic heterocycles. The van der Waals surface area contributed by atoms with E-state index < -0.39 is 0 Å². The van der Waals surface area contributed by atoms with Gasteiger partial charge in [0.1, 0.15) is 17.1 Å². The SMILES string of the molecule is CCn1nc(CC(C)C)cc1C(=O)N1CCc2oc(CCc3cccnc3)nc2C1. The molecule has 0 radical (unpaired) electrons. The predicted octanol–water partition coefficient (Wildman–Crippen LogP) is 3.47. The second kappa shape index (κ2) is 8.81. The minimum atomic E-state index is 0.0184. The fourth-order valence-electron chi connectivity index (χ4n) is 3.89. The topological polar surface area (TPSA) is 77.0 Å². The van der Waals surface area contributed by atoms with Gasteiger partial charge in [-0.05, 0) is 43.4 Å². The van der Waals surface area contributed by atoms with E-state index >= 15 is 0 Å². The Labute approximate surface area is 177 Å². The molecule has 0 N–H and O–H groups in total. The molecule has 4 heterocycles. The molecule has 3 aromatic rings. The van der Waals surface area contributed by atoms with Crippen LogP contribution in [0, 0.1) is 5.92 Å². The van der Waals surface area contributed by atoms with Crippen LogP contribution >= 0.6 is 0 Å². The molecule has 0 spiro atoms. The zero-order valence-corrected chi connectivity index (χ0v) is 18.0. The lowest BCUT2D eigenvalue weighted by Crippen LogP contribution is -2.37. The normalized spacial score (nSPS) is 13.7. The van der Waals surface area contributed by atoms with Gasteiger partial charge < -0.3 is 9.32 Å². The van der Waals surface area contributed by atoms with Crippen LogP contribution in [0.15, 0.2) is 35.0 Å². The highest BCUT2D eigenvalue weighted by Crippen LogP contribution is 2.23. The van der Waals surface area contributed by atoms with Crippen LogP contribution in [0.1, 0.15) is 59.9 Å². The molecule has 4 rings (SSSR count). The third-order valence-electron chi connectivity index (χ3n) is 5.38. The Hall–Kier alpha value is -2.96. The summed E-state index contributed by atoms with van der Waals surface area (Å²) in [6.07, 6.45) is 6.78. The van der Waals surface area contributed by atoms with Gasteiger partial charge in [0, 0.05) is 38.3 Å². The largest absolute Gasteiger partial charge is 0.445 e. The lowest BCUT2D eigenvalue weighted by molar-refractivity contribution is 0.0715. The molecule has 0 saturated heterocycles. The summed E-state index contributed by atoms with van der Waals surface area (Å²) in [4.78, 5) is 23.9. The summed E-state index contributed by atoms with van der Waals surface area (Å²) in [6, 6.07) is 5.94. The van der Waals surface area contributed by atoms with E-state index in [1.54, 1.807) is 6.20 Å². The number of aryl methyl sites for hydroxylation is 3. The van der Waals surface area contributed by atoms with Crippen molar-refractivity contribution in [3.8, 4) is 0 Å². The summed E-state index contributed by atoms with van der Waals surface area (Å²) in [5, 5.41) is 4.62. The van der Waals surface area contributed by atoms with Crippen LogP contribution in [0.2, 0.25) is 0 Å². The Bertz CT molecular complexity index is 1010. The summed E-state index contributed by atoms with van der Waals surface area (Å²) in [6.45, 7) is 8.14. The molecule has 7 nitrogen and oxygen atoms in total. The molecular weight excluding hydrogens is 378 g/mol. The van der Waals surface area contributed by atoms with Crippen LogP contribution in [0.5, 0.6) is 0 Å². The molecule has 0 unspecified atom stereocenters. The van der Waals surface area contributed by atoms with E-state index in [1.807, 2.05) is 34.8 Å². The Balaban J connectivity index is 1.44. The summed E-state index contributed by atoms with van der Waals surface area (Å²) < 4.78 is 7.78. The van der Waals surface area contributed by atoms with Gasteiger partial charge in [0.2, 0.25) is 0 Å². The van der Waals surface area contributed by atoms with Crippen molar-refractivity contribution in [1.29, 1.82) is 0 Å². The number of amides is 1. The first-order valence-corrected chi connectivity index (χ1v) is 10.8. The first-order valence-electron chi connectivity index (χ1n) is 10.8. The van der Waals surface area contributed by atoms with Crippen molar-refractivity contribution in [3.63, 3.8) is 0 Å². The number of aromatic nitrogens is 4. The summed E-state index contributed by atoms with van der Waals surface area (Å²) >= 11 is 0. The number of pyridine rings is 1. The minimum absolute atomic E-state index is 0.0184. The van der Waals surface area contributed by atoms with Crippen LogP contribution in [0.4, 0.5) is 0 Å². The van der Waals surface area contributed by atoms with Gasteiger partial charge in [-0.15, -0.1) is 0 Å². The molecule has 1 aliphatic heterocycles. The molecule has 0 bridgehead atoms. The first kappa shape index (κ1) is 20.3. The van der Waals surface area contributed by atoms with Crippen LogP contribution in [-0.4, -0.2) is 37.1 Å². The van der Waals surface area contributed by atoms with Gasteiger partial charge in [-0.25, -0.2) is 4.98 Å². The maximum Gasteiger partial charge on any atom is 0.272 e.